The molecule has 0 atom stereocenters. The Labute approximate surface area is 140 Å². The number of nitrogens with zero attached hydrogens (tertiary/aromatic N) is 1. The van der Waals surface area contributed by atoms with Gasteiger partial charge in [0.05, 0.1) is 0 Å². The average molecular weight is 329 g/mol. The first-order valence-electron chi connectivity index (χ1n) is 8.38. The Hall–Kier alpha value is -1.21. The fourth-order valence-electron chi connectivity index (χ4n) is 4.60. The van der Waals surface area contributed by atoms with Gasteiger partial charge in [-0.15, -0.1) is 0 Å². The molecule has 1 N–H and O–H groups in total. The van der Waals surface area contributed by atoms with E-state index in [0.717, 1.165) is 12.3 Å². The van der Waals surface area contributed by atoms with Crippen molar-refractivity contribution >= 4 is 17.9 Å². The summed E-state index contributed by atoms with van der Waals surface area (Å²) in [4.78, 5) is 0. The van der Waals surface area contributed by atoms with Gasteiger partial charge >= 0.3 is 140 Å². The zero-order valence-electron chi connectivity index (χ0n) is 14.6. The second-order valence-corrected chi connectivity index (χ2v) is 12.1. The number of benzene rings is 2. The molecule has 1 fully saturated rings. The van der Waals surface area contributed by atoms with Crippen molar-refractivity contribution in [3.63, 3.8) is 0 Å². The van der Waals surface area contributed by atoms with E-state index in [4.69, 9.17) is 0 Å². The molecule has 0 radical (unpaired) electrons. The van der Waals surface area contributed by atoms with E-state index in [-0.39, 0.29) is 11.1 Å². The number of hydrogen-bond donors (Lipinski definition) is 1. The Kier molecular flexibility index (Phi) is 4.13. The van der Waals surface area contributed by atoms with Gasteiger partial charge in [0, 0.05) is 0 Å². The third kappa shape index (κ3) is 2.85. The van der Waals surface area contributed by atoms with Crippen LogP contribution < -0.4 is 10.6 Å². The van der Waals surface area contributed by atoms with E-state index >= 15 is 0 Å². The molecule has 0 aliphatic carbocycles. The Morgan fingerprint density at radius 3 is 1.43 bits per heavy atom. The van der Waals surface area contributed by atoms with Gasteiger partial charge in [-0.25, -0.2) is 0 Å². The molecule has 2 aromatic carbocycles. The molecule has 0 bridgehead atoms. The average Bonchev–Trinajstić information content (AvgIpc) is 2.53. The summed E-state index contributed by atoms with van der Waals surface area (Å²) in [5.41, 5.74) is -0.473. The third-order valence-electron chi connectivity index (χ3n) is 5.27. The van der Waals surface area contributed by atoms with Crippen LogP contribution in [0.3, 0.4) is 0 Å². The van der Waals surface area contributed by atoms with E-state index in [1.807, 2.05) is 0 Å². The van der Waals surface area contributed by atoms with Crippen molar-refractivity contribution in [2.24, 2.45) is 0 Å². The molecule has 0 amide bonds. The van der Waals surface area contributed by atoms with Gasteiger partial charge in [0.15, 0.2) is 0 Å². The maximum atomic E-state index is 10.7. The summed E-state index contributed by atoms with van der Waals surface area (Å²) in [6.45, 7) is 8.67. The monoisotopic (exact) mass is 329 g/mol. The standard InChI is InChI=1S/C20H28NOP/c1-19(2)15-23(16-20(3,4)21(19)22,17-11-7-5-8-12-17)18-13-9-6-10-14-18/h5-14,22-23H,15-16H2,1-4H3. The zero-order valence-corrected chi connectivity index (χ0v) is 15.6. The first-order valence-corrected chi connectivity index (χ1v) is 10.8. The minimum absolute atomic E-state index is 0.236. The van der Waals surface area contributed by atoms with Gasteiger partial charge in [0.1, 0.15) is 0 Å². The molecular formula is C20H28NOP. The van der Waals surface area contributed by atoms with Gasteiger partial charge in [-0.1, -0.05) is 0 Å². The Balaban J connectivity index is 2.22. The topological polar surface area (TPSA) is 23.5 Å². The van der Waals surface area contributed by atoms with Crippen LogP contribution in [0, 0.1) is 0 Å². The minimum atomic E-state index is -1.95. The van der Waals surface area contributed by atoms with E-state index in [1.54, 1.807) is 5.06 Å². The van der Waals surface area contributed by atoms with Gasteiger partial charge in [0.25, 0.3) is 0 Å². The molecule has 3 heteroatoms. The van der Waals surface area contributed by atoms with Crippen molar-refractivity contribution in [2.45, 2.75) is 38.8 Å². The van der Waals surface area contributed by atoms with Gasteiger partial charge in [-0.3, -0.25) is 0 Å². The predicted molar refractivity (Wildman–Crippen MR) is 102 cm³/mol. The SMILES string of the molecule is CC1(C)C[PH](c2ccccc2)(c2ccccc2)CC(C)(C)N1O. The second-order valence-electron chi connectivity index (χ2n) is 8.10. The summed E-state index contributed by atoms with van der Waals surface area (Å²) in [5.74, 6) is 0. The fraction of sp³-hybridized carbons (Fsp3) is 0.400. The van der Waals surface area contributed by atoms with Crippen molar-refractivity contribution < 1.29 is 5.21 Å². The van der Waals surface area contributed by atoms with E-state index in [1.165, 1.54) is 10.6 Å². The molecule has 2 aromatic rings. The third-order valence-corrected chi connectivity index (χ3v) is 11.1. The molecule has 124 valence electrons. The summed E-state index contributed by atoms with van der Waals surface area (Å²) in [6, 6.07) is 21.9. The van der Waals surface area contributed by atoms with Crippen LogP contribution in [0.5, 0.6) is 0 Å². The molecule has 0 aromatic heterocycles. The molecule has 1 aliphatic rings. The Bertz CT molecular complexity index is 607. The van der Waals surface area contributed by atoms with Crippen LogP contribution in [0.2, 0.25) is 0 Å². The quantitative estimate of drug-likeness (QED) is 0.850. The summed E-state index contributed by atoms with van der Waals surface area (Å²) in [5, 5.41) is 15.3. The van der Waals surface area contributed by atoms with Crippen LogP contribution in [-0.2, 0) is 0 Å². The Morgan fingerprint density at radius 1 is 0.739 bits per heavy atom. The molecule has 3 rings (SSSR count). The van der Waals surface area contributed by atoms with E-state index in [0.29, 0.717) is 0 Å². The molecule has 0 unspecified atom stereocenters. The van der Waals surface area contributed by atoms with Crippen molar-refractivity contribution in [3.8, 4) is 0 Å². The number of rotatable bonds is 2. The van der Waals surface area contributed by atoms with Crippen LogP contribution >= 0.6 is 7.26 Å². The molecule has 2 nitrogen and oxygen atoms in total. The summed E-state index contributed by atoms with van der Waals surface area (Å²) in [7, 11) is -1.95. The second kappa shape index (κ2) is 5.70. The molecule has 1 saturated heterocycles. The normalized spacial score (nSPS) is 24.0. The van der Waals surface area contributed by atoms with Crippen LogP contribution in [0.4, 0.5) is 0 Å². The molecule has 1 aliphatic heterocycles. The van der Waals surface area contributed by atoms with Crippen molar-refractivity contribution in [2.75, 3.05) is 12.3 Å². The van der Waals surface area contributed by atoms with Crippen LogP contribution in [0.15, 0.2) is 60.7 Å². The zero-order chi connectivity index (χ0) is 16.7. The van der Waals surface area contributed by atoms with Crippen LogP contribution in [-0.4, -0.2) is 33.7 Å². The fourth-order valence-corrected chi connectivity index (χ4v) is 10.8. The van der Waals surface area contributed by atoms with E-state index in [2.05, 4.69) is 88.4 Å². The first kappa shape index (κ1) is 16.6. The van der Waals surface area contributed by atoms with Gasteiger partial charge in [-0.2, -0.15) is 0 Å². The summed E-state index contributed by atoms with van der Waals surface area (Å²) >= 11 is 0. The van der Waals surface area contributed by atoms with Crippen molar-refractivity contribution in [3.05, 3.63) is 60.7 Å². The maximum absolute atomic E-state index is 10.7. The van der Waals surface area contributed by atoms with Crippen LogP contribution in [0.1, 0.15) is 27.7 Å². The van der Waals surface area contributed by atoms with Crippen LogP contribution in [0.25, 0.3) is 0 Å². The van der Waals surface area contributed by atoms with Crippen molar-refractivity contribution in [1.29, 1.82) is 0 Å². The van der Waals surface area contributed by atoms with Gasteiger partial charge in [-0.05, 0) is 0 Å². The first-order chi connectivity index (χ1) is 10.8. The predicted octanol–water partition coefficient (Wildman–Crippen LogP) is 3.65. The molecule has 0 spiro atoms. The molecule has 0 saturated carbocycles. The Morgan fingerprint density at radius 2 is 1.09 bits per heavy atom. The summed E-state index contributed by atoms with van der Waals surface area (Å²) in [6.07, 6.45) is 2.04. The van der Waals surface area contributed by atoms with E-state index in [9.17, 15) is 5.21 Å². The molecule has 1 heterocycles. The number of hydrogen-bond acceptors (Lipinski definition) is 2. The summed E-state index contributed by atoms with van der Waals surface area (Å²) < 4.78 is 0. The number of hydroxylamine groups is 2. The van der Waals surface area contributed by atoms with Gasteiger partial charge in [0.2, 0.25) is 0 Å². The molecular weight excluding hydrogens is 301 g/mol. The molecule has 23 heavy (non-hydrogen) atoms. The van der Waals surface area contributed by atoms with Crippen molar-refractivity contribution in [1.82, 2.24) is 5.06 Å². The van der Waals surface area contributed by atoms with E-state index < -0.39 is 7.26 Å². The van der Waals surface area contributed by atoms with Gasteiger partial charge < -0.3 is 0 Å².